The van der Waals surface area contributed by atoms with Crippen LogP contribution < -0.4 is 10.2 Å². The first-order valence-electron chi connectivity index (χ1n) is 8.64. The number of thiazole rings is 1. The van der Waals surface area contributed by atoms with Crippen LogP contribution in [0.5, 0.6) is 0 Å². The summed E-state index contributed by atoms with van der Waals surface area (Å²) < 4.78 is 0. The van der Waals surface area contributed by atoms with E-state index in [2.05, 4.69) is 17.2 Å². The predicted octanol–water partition coefficient (Wildman–Crippen LogP) is 3.27. The van der Waals surface area contributed by atoms with E-state index in [0.717, 1.165) is 40.3 Å². The van der Waals surface area contributed by atoms with Crippen molar-refractivity contribution in [3.05, 3.63) is 39.9 Å². The SMILES string of the molecule is CCC[NH+]1CCc2nc(NC(=O)CCSc3ccc(Cl)cc3)sc2C1. The highest BCUT2D eigenvalue weighted by Gasteiger charge is 2.23. The summed E-state index contributed by atoms with van der Waals surface area (Å²) >= 11 is 9.18. The number of amides is 1. The molecule has 2 heterocycles. The van der Waals surface area contributed by atoms with E-state index in [-0.39, 0.29) is 5.91 Å². The number of nitrogens with one attached hydrogen (secondary N) is 2. The minimum absolute atomic E-state index is 0.0327. The van der Waals surface area contributed by atoms with Gasteiger partial charge in [-0.2, -0.15) is 0 Å². The molecule has 3 rings (SSSR count). The fourth-order valence-corrected chi connectivity index (χ4v) is 5.00. The summed E-state index contributed by atoms with van der Waals surface area (Å²) in [6.45, 7) is 5.63. The fraction of sp³-hybridized carbons (Fsp3) is 0.444. The molecule has 1 aliphatic rings. The third-order valence-electron chi connectivity index (χ3n) is 4.17. The van der Waals surface area contributed by atoms with Crippen LogP contribution in [0.4, 0.5) is 5.13 Å². The van der Waals surface area contributed by atoms with Crippen LogP contribution in [-0.4, -0.2) is 29.7 Å². The molecule has 7 heteroatoms. The number of nitrogens with zero attached hydrogens (tertiary/aromatic N) is 1. The molecule has 0 saturated heterocycles. The Balaban J connectivity index is 1.46. The van der Waals surface area contributed by atoms with E-state index in [1.807, 2.05) is 24.3 Å². The van der Waals surface area contributed by atoms with Crippen molar-refractivity contribution < 1.29 is 9.69 Å². The van der Waals surface area contributed by atoms with Gasteiger partial charge in [0, 0.05) is 28.5 Å². The first kappa shape index (κ1) is 18.7. The minimum Gasteiger partial charge on any atom is -0.330 e. The molecule has 0 bridgehead atoms. The highest BCUT2D eigenvalue weighted by atomic mass is 35.5. The van der Waals surface area contributed by atoms with E-state index in [0.29, 0.717) is 6.42 Å². The third-order valence-corrected chi connectivity index (χ3v) is 6.44. The Morgan fingerprint density at radius 2 is 2.20 bits per heavy atom. The average Bonchev–Trinajstić information content (AvgIpc) is 2.98. The zero-order valence-electron chi connectivity index (χ0n) is 14.3. The van der Waals surface area contributed by atoms with Crippen LogP contribution in [0.3, 0.4) is 0 Å². The number of hydrogen-bond acceptors (Lipinski definition) is 4. The Morgan fingerprint density at radius 1 is 1.40 bits per heavy atom. The highest BCUT2D eigenvalue weighted by Crippen LogP contribution is 2.25. The maximum Gasteiger partial charge on any atom is 0.226 e. The number of halogens is 1. The molecular formula is C18H23ClN3OS2+. The van der Waals surface area contributed by atoms with Gasteiger partial charge >= 0.3 is 0 Å². The molecule has 25 heavy (non-hydrogen) atoms. The van der Waals surface area contributed by atoms with Gasteiger partial charge in [0.2, 0.25) is 5.91 Å². The molecule has 0 saturated carbocycles. The van der Waals surface area contributed by atoms with Crippen molar-refractivity contribution in [2.24, 2.45) is 0 Å². The van der Waals surface area contributed by atoms with Crippen LogP contribution >= 0.6 is 34.7 Å². The monoisotopic (exact) mass is 396 g/mol. The number of hydrogen-bond donors (Lipinski definition) is 2. The number of thioether (sulfide) groups is 1. The van der Waals surface area contributed by atoms with E-state index < -0.39 is 0 Å². The number of fused-ring (bicyclic) bond motifs is 1. The number of carbonyl (C=O) groups excluding carboxylic acids is 1. The van der Waals surface area contributed by atoms with Crippen molar-refractivity contribution in [3.8, 4) is 0 Å². The van der Waals surface area contributed by atoms with E-state index in [9.17, 15) is 4.79 Å². The Morgan fingerprint density at radius 3 is 2.96 bits per heavy atom. The summed E-state index contributed by atoms with van der Waals surface area (Å²) in [6.07, 6.45) is 2.70. The Hall–Kier alpha value is -1.08. The number of carbonyl (C=O) groups is 1. The lowest BCUT2D eigenvalue weighted by Gasteiger charge is -2.22. The van der Waals surface area contributed by atoms with Gasteiger partial charge in [0.15, 0.2) is 5.13 Å². The summed E-state index contributed by atoms with van der Waals surface area (Å²) in [5, 5.41) is 4.45. The second-order valence-electron chi connectivity index (χ2n) is 6.17. The van der Waals surface area contributed by atoms with Crippen LogP contribution in [0.25, 0.3) is 0 Å². The average molecular weight is 397 g/mol. The fourth-order valence-electron chi connectivity index (χ4n) is 2.92. The topological polar surface area (TPSA) is 46.4 Å². The number of aromatic nitrogens is 1. The van der Waals surface area contributed by atoms with Gasteiger partial charge in [0.1, 0.15) is 6.54 Å². The molecule has 1 atom stereocenters. The van der Waals surface area contributed by atoms with Crippen LogP contribution in [0, 0.1) is 0 Å². The maximum absolute atomic E-state index is 12.2. The van der Waals surface area contributed by atoms with Crippen molar-refractivity contribution in [3.63, 3.8) is 0 Å². The molecular weight excluding hydrogens is 374 g/mol. The highest BCUT2D eigenvalue weighted by molar-refractivity contribution is 7.99. The minimum atomic E-state index is 0.0327. The normalized spacial score (nSPS) is 16.5. The first-order valence-corrected chi connectivity index (χ1v) is 10.8. The molecule has 2 N–H and O–H groups in total. The molecule has 134 valence electrons. The quantitative estimate of drug-likeness (QED) is 0.706. The van der Waals surface area contributed by atoms with Gasteiger partial charge in [0.05, 0.1) is 23.7 Å². The van der Waals surface area contributed by atoms with Gasteiger partial charge in [-0.05, 0) is 30.7 Å². The molecule has 1 aliphatic heterocycles. The van der Waals surface area contributed by atoms with E-state index in [4.69, 9.17) is 11.6 Å². The first-order chi connectivity index (χ1) is 12.1. The number of benzene rings is 1. The van der Waals surface area contributed by atoms with Gasteiger partial charge in [-0.1, -0.05) is 29.9 Å². The second-order valence-corrected chi connectivity index (χ2v) is 8.85. The molecule has 1 amide bonds. The third kappa shape index (κ3) is 5.45. The largest absolute Gasteiger partial charge is 0.330 e. The molecule has 0 aliphatic carbocycles. The molecule has 0 spiro atoms. The van der Waals surface area contributed by atoms with Gasteiger partial charge in [0.25, 0.3) is 0 Å². The van der Waals surface area contributed by atoms with E-state index in [1.54, 1.807) is 28.0 Å². The molecule has 0 fully saturated rings. The standard InChI is InChI=1S/C18H22ClN3OS2/c1-2-9-22-10-7-15-16(12-22)25-18(20-15)21-17(23)8-11-24-14-5-3-13(19)4-6-14/h3-6H,2,7-12H2,1H3,(H,20,21,23)/p+1. The lowest BCUT2D eigenvalue weighted by Crippen LogP contribution is -3.11. The van der Waals surface area contributed by atoms with Crippen LogP contribution in [-0.2, 0) is 17.8 Å². The van der Waals surface area contributed by atoms with Crippen molar-refractivity contribution >= 4 is 45.7 Å². The van der Waals surface area contributed by atoms with Crippen molar-refractivity contribution in [1.82, 2.24) is 4.98 Å². The molecule has 2 aromatic rings. The molecule has 1 aromatic heterocycles. The van der Waals surface area contributed by atoms with Gasteiger partial charge in [-0.25, -0.2) is 4.98 Å². The van der Waals surface area contributed by atoms with Crippen molar-refractivity contribution in [2.45, 2.75) is 37.6 Å². The molecule has 1 unspecified atom stereocenters. The zero-order chi connectivity index (χ0) is 17.6. The van der Waals surface area contributed by atoms with E-state index in [1.165, 1.54) is 23.5 Å². The van der Waals surface area contributed by atoms with Crippen molar-refractivity contribution in [2.75, 3.05) is 24.2 Å². The van der Waals surface area contributed by atoms with Crippen LogP contribution in [0.2, 0.25) is 5.02 Å². The van der Waals surface area contributed by atoms with Crippen molar-refractivity contribution in [1.29, 1.82) is 0 Å². The summed E-state index contributed by atoms with van der Waals surface area (Å²) in [7, 11) is 0. The Kier molecular flexibility index (Phi) is 6.76. The summed E-state index contributed by atoms with van der Waals surface area (Å²) in [4.78, 5) is 20.8. The molecule has 0 radical (unpaired) electrons. The number of quaternary nitrogens is 1. The maximum atomic E-state index is 12.2. The summed E-state index contributed by atoms with van der Waals surface area (Å²) in [6, 6.07) is 7.69. The lowest BCUT2D eigenvalue weighted by molar-refractivity contribution is -0.915. The summed E-state index contributed by atoms with van der Waals surface area (Å²) in [5.41, 5.74) is 1.18. The Labute approximate surface area is 162 Å². The Bertz CT molecular complexity index is 718. The van der Waals surface area contributed by atoms with E-state index >= 15 is 0 Å². The zero-order valence-corrected chi connectivity index (χ0v) is 16.7. The van der Waals surface area contributed by atoms with Gasteiger partial charge in [-0.3, -0.25) is 4.79 Å². The van der Waals surface area contributed by atoms with Gasteiger partial charge in [-0.15, -0.1) is 11.8 Å². The lowest BCUT2D eigenvalue weighted by atomic mass is 10.2. The summed E-state index contributed by atoms with van der Waals surface area (Å²) in [5.74, 6) is 0.776. The number of anilines is 1. The van der Waals surface area contributed by atoms with Gasteiger partial charge < -0.3 is 10.2 Å². The molecule has 1 aromatic carbocycles. The number of rotatable bonds is 7. The molecule has 4 nitrogen and oxygen atoms in total. The second kappa shape index (κ2) is 9.03. The van der Waals surface area contributed by atoms with Crippen LogP contribution in [0.1, 0.15) is 30.3 Å². The predicted molar refractivity (Wildman–Crippen MR) is 106 cm³/mol. The van der Waals surface area contributed by atoms with Crippen LogP contribution in [0.15, 0.2) is 29.2 Å². The smallest absolute Gasteiger partial charge is 0.226 e.